The van der Waals surface area contributed by atoms with E-state index in [9.17, 15) is 9.59 Å². The average molecular weight is 335 g/mol. The number of rotatable bonds is 5. The molecule has 1 aromatic rings. The molecule has 1 amide bonds. The van der Waals surface area contributed by atoms with E-state index in [2.05, 4.69) is 21.2 Å². The van der Waals surface area contributed by atoms with Crippen LogP contribution in [0.2, 0.25) is 5.02 Å². The molecule has 0 spiro atoms. The van der Waals surface area contributed by atoms with Crippen LogP contribution < -0.4 is 5.32 Å². The largest absolute Gasteiger partial charge is 0.481 e. The van der Waals surface area contributed by atoms with Crippen LogP contribution in [0, 0.1) is 5.92 Å². The van der Waals surface area contributed by atoms with E-state index in [1.807, 2.05) is 0 Å². The molecule has 0 saturated carbocycles. The standard InChI is InChI=1S/C12H13BrClNO3/c1-7(5-10(16)17)6-15-12(18)8-3-2-4-9(13)11(8)14/h2-4,7H,5-6H2,1H3,(H,15,18)(H,16,17). The Hall–Kier alpha value is -1.07. The molecular weight excluding hydrogens is 321 g/mol. The van der Waals surface area contributed by atoms with E-state index >= 15 is 0 Å². The SMILES string of the molecule is CC(CNC(=O)c1cccc(Br)c1Cl)CC(=O)O. The molecule has 1 unspecified atom stereocenters. The van der Waals surface area contributed by atoms with Crippen molar-refractivity contribution in [2.45, 2.75) is 13.3 Å². The third-order valence-electron chi connectivity index (χ3n) is 2.33. The summed E-state index contributed by atoms with van der Waals surface area (Å²) in [7, 11) is 0. The van der Waals surface area contributed by atoms with Gasteiger partial charge in [0.05, 0.1) is 10.6 Å². The molecule has 0 bridgehead atoms. The smallest absolute Gasteiger partial charge is 0.303 e. The van der Waals surface area contributed by atoms with E-state index in [0.717, 1.165) is 0 Å². The van der Waals surface area contributed by atoms with Crippen molar-refractivity contribution < 1.29 is 14.7 Å². The molecule has 0 aliphatic carbocycles. The van der Waals surface area contributed by atoms with E-state index in [0.29, 0.717) is 21.6 Å². The summed E-state index contributed by atoms with van der Waals surface area (Å²) in [6.45, 7) is 2.06. The lowest BCUT2D eigenvalue weighted by atomic mass is 10.1. The molecule has 6 heteroatoms. The maximum atomic E-state index is 11.8. The number of carboxylic acid groups (broad SMARTS) is 1. The molecule has 2 N–H and O–H groups in total. The number of carboxylic acids is 1. The van der Waals surface area contributed by atoms with Gasteiger partial charge in [-0.3, -0.25) is 9.59 Å². The van der Waals surface area contributed by atoms with Crippen LogP contribution in [0.3, 0.4) is 0 Å². The van der Waals surface area contributed by atoms with Crippen LogP contribution in [0.4, 0.5) is 0 Å². The van der Waals surface area contributed by atoms with Gasteiger partial charge in [-0.1, -0.05) is 24.6 Å². The zero-order chi connectivity index (χ0) is 13.7. The topological polar surface area (TPSA) is 66.4 Å². The van der Waals surface area contributed by atoms with Gasteiger partial charge in [0.15, 0.2) is 0 Å². The Kier molecular flexibility index (Phi) is 5.62. The lowest BCUT2D eigenvalue weighted by molar-refractivity contribution is -0.137. The highest BCUT2D eigenvalue weighted by atomic mass is 79.9. The maximum absolute atomic E-state index is 11.8. The van der Waals surface area contributed by atoms with Gasteiger partial charge in [0.1, 0.15) is 0 Å². The van der Waals surface area contributed by atoms with E-state index in [1.165, 1.54) is 0 Å². The number of amides is 1. The second kappa shape index (κ2) is 6.75. The molecule has 0 heterocycles. The zero-order valence-electron chi connectivity index (χ0n) is 9.74. The minimum atomic E-state index is -0.878. The molecule has 0 aliphatic heterocycles. The van der Waals surface area contributed by atoms with Gasteiger partial charge in [-0.05, 0) is 34.0 Å². The fourth-order valence-electron chi connectivity index (χ4n) is 1.41. The molecule has 1 rings (SSSR count). The van der Waals surface area contributed by atoms with Crippen molar-refractivity contribution in [1.82, 2.24) is 5.32 Å². The van der Waals surface area contributed by atoms with Gasteiger partial charge in [-0.15, -0.1) is 0 Å². The second-order valence-corrected chi connectivity index (χ2v) is 5.25. The number of hydrogen-bond donors (Lipinski definition) is 2. The number of nitrogens with one attached hydrogen (secondary N) is 1. The highest BCUT2D eigenvalue weighted by Crippen LogP contribution is 2.25. The van der Waals surface area contributed by atoms with Crippen molar-refractivity contribution in [1.29, 1.82) is 0 Å². The predicted molar refractivity (Wildman–Crippen MR) is 72.9 cm³/mol. The van der Waals surface area contributed by atoms with E-state index in [-0.39, 0.29) is 18.2 Å². The van der Waals surface area contributed by atoms with E-state index in [4.69, 9.17) is 16.7 Å². The molecule has 4 nitrogen and oxygen atoms in total. The molecule has 1 atom stereocenters. The highest BCUT2D eigenvalue weighted by molar-refractivity contribution is 9.10. The van der Waals surface area contributed by atoms with Crippen LogP contribution in [0.15, 0.2) is 22.7 Å². The van der Waals surface area contributed by atoms with Gasteiger partial charge in [0.25, 0.3) is 5.91 Å². The molecule has 0 aromatic heterocycles. The number of aliphatic carboxylic acids is 1. The van der Waals surface area contributed by atoms with Gasteiger partial charge in [-0.2, -0.15) is 0 Å². The first-order valence-corrected chi connectivity index (χ1v) is 6.53. The van der Waals surface area contributed by atoms with Crippen molar-refractivity contribution in [2.24, 2.45) is 5.92 Å². The Morgan fingerprint density at radius 1 is 1.50 bits per heavy atom. The highest BCUT2D eigenvalue weighted by Gasteiger charge is 2.14. The summed E-state index contributed by atoms with van der Waals surface area (Å²) in [5, 5.41) is 11.6. The number of halogens is 2. The van der Waals surface area contributed by atoms with Crippen LogP contribution in [0.1, 0.15) is 23.7 Å². The zero-order valence-corrected chi connectivity index (χ0v) is 12.1. The van der Waals surface area contributed by atoms with Crippen molar-refractivity contribution in [3.8, 4) is 0 Å². The lowest BCUT2D eigenvalue weighted by Gasteiger charge is -2.11. The summed E-state index contributed by atoms with van der Waals surface area (Å²) in [6.07, 6.45) is 0.0203. The normalized spacial score (nSPS) is 11.9. The maximum Gasteiger partial charge on any atom is 0.303 e. The summed E-state index contributed by atoms with van der Waals surface area (Å²) in [6, 6.07) is 5.07. The Morgan fingerprint density at radius 2 is 2.17 bits per heavy atom. The van der Waals surface area contributed by atoms with Gasteiger partial charge in [0, 0.05) is 17.4 Å². The summed E-state index contributed by atoms with van der Waals surface area (Å²) >= 11 is 9.22. The predicted octanol–water partition coefficient (Wildman–Crippen LogP) is 2.94. The van der Waals surface area contributed by atoms with Crippen LogP contribution >= 0.6 is 27.5 Å². The minimum Gasteiger partial charge on any atom is -0.481 e. The Labute approximate surface area is 118 Å². The first-order valence-electron chi connectivity index (χ1n) is 5.35. The molecule has 0 aliphatic rings. The van der Waals surface area contributed by atoms with Crippen molar-refractivity contribution >= 4 is 39.4 Å². The molecule has 98 valence electrons. The number of carbonyl (C=O) groups excluding carboxylic acids is 1. The molecule has 0 saturated heterocycles. The number of hydrogen-bond acceptors (Lipinski definition) is 2. The molecular formula is C12H13BrClNO3. The summed E-state index contributed by atoms with van der Waals surface area (Å²) in [5.74, 6) is -1.31. The van der Waals surface area contributed by atoms with Crippen molar-refractivity contribution in [3.63, 3.8) is 0 Å². The second-order valence-electron chi connectivity index (χ2n) is 4.01. The third-order valence-corrected chi connectivity index (χ3v) is 3.63. The Bertz CT molecular complexity index is 465. The van der Waals surface area contributed by atoms with E-state index < -0.39 is 5.97 Å². The lowest BCUT2D eigenvalue weighted by Crippen LogP contribution is -2.29. The van der Waals surface area contributed by atoms with Gasteiger partial charge in [0.2, 0.25) is 0 Å². The first kappa shape index (κ1) is 15.0. The average Bonchev–Trinajstić information content (AvgIpc) is 2.29. The van der Waals surface area contributed by atoms with Crippen LogP contribution in [0.25, 0.3) is 0 Å². The fourth-order valence-corrected chi connectivity index (χ4v) is 1.99. The minimum absolute atomic E-state index is 0.0203. The van der Waals surface area contributed by atoms with Crippen LogP contribution in [0.5, 0.6) is 0 Å². The summed E-state index contributed by atoms with van der Waals surface area (Å²) in [4.78, 5) is 22.3. The number of carbonyl (C=O) groups is 2. The molecule has 18 heavy (non-hydrogen) atoms. The van der Waals surface area contributed by atoms with Crippen LogP contribution in [-0.2, 0) is 4.79 Å². The van der Waals surface area contributed by atoms with Crippen molar-refractivity contribution in [2.75, 3.05) is 6.54 Å². The fraction of sp³-hybridized carbons (Fsp3) is 0.333. The van der Waals surface area contributed by atoms with Gasteiger partial charge < -0.3 is 10.4 Å². The van der Waals surface area contributed by atoms with Crippen molar-refractivity contribution in [3.05, 3.63) is 33.3 Å². The van der Waals surface area contributed by atoms with Gasteiger partial charge in [-0.25, -0.2) is 0 Å². The molecule has 0 radical (unpaired) electrons. The number of benzene rings is 1. The summed E-state index contributed by atoms with van der Waals surface area (Å²) in [5.41, 5.74) is 0.369. The van der Waals surface area contributed by atoms with Gasteiger partial charge >= 0.3 is 5.97 Å². The van der Waals surface area contributed by atoms with Crippen LogP contribution in [-0.4, -0.2) is 23.5 Å². The first-order chi connectivity index (χ1) is 8.41. The molecule has 1 aromatic carbocycles. The van der Waals surface area contributed by atoms with E-state index in [1.54, 1.807) is 25.1 Å². The Morgan fingerprint density at radius 3 is 2.78 bits per heavy atom. The monoisotopic (exact) mass is 333 g/mol. The Balaban J connectivity index is 2.61. The summed E-state index contributed by atoms with van der Waals surface area (Å²) < 4.78 is 0.649. The quantitative estimate of drug-likeness (QED) is 0.870. The molecule has 0 fully saturated rings. The third kappa shape index (κ3) is 4.31.